The van der Waals surface area contributed by atoms with Crippen LogP contribution in [-0.4, -0.2) is 49.3 Å². The maximum atomic E-state index is 12.8. The van der Waals surface area contributed by atoms with Gasteiger partial charge in [0.1, 0.15) is 26.9 Å². The van der Waals surface area contributed by atoms with E-state index in [0.29, 0.717) is 36.6 Å². The van der Waals surface area contributed by atoms with Crippen LogP contribution in [0.25, 0.3) is 0 Å². The van der Waals surface area contributed by atoms with Crippen molar-refractivity contribution >= 4 is 15.7 Å². The second-order valence-electron chi connectivity index (χ2n) is 6.29. The molecule has 0 bridgehead atoms. The average Bonchev–Trinajstić information content (AvgIpc) is 3.02. The lowest BCUT2D eigenvalue weighted by Crippen LogP contribution is -2.30. The van der Waals surface area contributed by atoms with Crippen molar-refractivity contribution in [3.8, 4) is 11.5 Å². The number of rotatable bonds is 5. The Morgan fingerprint density at radius 2 is 2.04 bits per heavy atom. The Bertz CT molecular complexity index is 852. The SMILES string of the molecule is CS(=O)(=O)CC1CCN(C(=O)c2cnccc2Oc2ccccc2)C1. The van der Waals surface area contributed by atoms with Gasteiger partial charge in [-0.3, -0.25) is 9.78 Å². The van der Waals surface area contributed by atoms with E-state index in [2.05, 4.69) is 4.98 Å². The van der Waals surface area contributed by atoms with E-state index in [-0.39, 0.29) is 17.6 Å². The van der Waals surface area contributed by atoms with Crippen molar-refractivity contribution in [2.24, 2.45) is 5.92 Å². The predicted molar refractivity (Wildman–Crippen MR) is 94.5 cm³/mol. The molecule has 1 aromatic carbocycles. The number of nitrogens with zero attached hydrogens (tertiary/aromatic N) is 2. The Morgan fingerprint density at radius 3 is 2.76 bits per heavy atom. The zero-order valence-electron chi connectivity index (χ0n) is 14.0. The van der Waals surface area contributed by atoms with E-state index >= 15 is 0 Å². The first-order valence-corrected chi connectivity index (χ1v) is 10.1. The maximum Gasteiger partial charge on any atom is 0.259 e. The molecule has 0 aliphatic carbocycles. The molecule has 1 aliphatic heterocycles. The Balaban J connectivity index is 1.75. The van der Waals surface area contributed by atoms with Gasteiger partial charge in [0, 0.05) is 31.7 Å². The van der Waals surface area contributed by atoms with Crippen LogP contribution < -0.4 is 4.74 Å². The Morgan fingerprint density at radius 1 is 1.28 bits per heavy atom. The molecule has 0 N–H and O–H groups in total. The summed E-state index contributed by atoms with van der Waals surface area (Å²) < 4.78 is 28.7. The highest BCUT2D eigenvalue weighted by molar-refractivity contribution is 7.90. The van der Waals surface area contributed by atoms with Gasteiger partial charge in [0.25, 0.3) is 5.91 Å². The first kappa shape index (κ1) is 17.4. The van der Waals surface area contributed by atoms with Gasteiger partial charge in [-0.1, -0.05) is 18.2 Å². The normalized spacial score (nSPS) is 17.5. The molecule has 0 radical (unpaired) electrons. The molecule has 1 fully saturated rings. The van der Waals surface area contributed by atoms with Crippen LogP contribution in [0.15, 0.2) is 48.8 Å². The van der Waals surface area contributed by atoms with Gasteiger partial charge in [-0.15, -0.1) is 0 Å². The average molecular weight is 360 g/mol. The van der Waals surface area contributed by atoms with Crippen LogP contribution in [-0.2, 0) is 9.84 Å². The number of aromatic nitrogens is 1. The Hall–Kier alpha value is -2.41. The van der Waals surface area contributed by atoms with Crippen molar-refractivity contribution in [2.75, 3.05) is 25.1 Å². The number of carbonyl (C=O) groups is 1. The van der Waals surface area contributed by atoms with Crippen LogP contribution in [0.2, 0.25) is 0 Å². The van der Waals surface area contributed by atoms with E-state index in [4.69, 9.17) is 4.74 Å². The van der Waals surface area contributed by atoms with Crippen molar-refractivity contribution in [3.63, 3.8) is 0 Å². The number of pyridine rings is 1. The Labute approximate surface area is 147 Å². The van der Waals surface area contributed by atoms with Gasteiger partial charge >= 0.3 is 0 Å². The molecule has 1 atom stereocenters. The second-order valence-corrected chi connectivity index (χ2v) is 8.47. The highest BCUT2D eigenvalue weighted by Crippen LogP contribution is 2.27. The first-order chi connectivity index (χ1) is 11.9. The molecule has 0 saturated carbocycles. The van der Waals surface area contributed by atoms with Crippen molar-refractivity contribution < 1.29 is 17.9 Å². The van der Waals surface area contributed by atoms with Crippen molar-refractivity contribution in [1.29, 1.82) is 0 Å². The fraction of sp³-hybridized carbons (Fsp3) is 0.333. The number of sulfone groups is 1. The number of likely N-dealkylation sites (tertiary alicyclic amines) is 1. The van der Waals surface area contributed by atoms with Crippen molar-refractivity contribution in [2.45, 2.75) is 6.42 Å². The number of carbonyl (C=O) groups excluding carboxylic acids is 1. The molecule has 1 saturated heterocycles. The number of hydrogen-bond donors (Lipinski definition) is 0. The molecule has 132 valence electrons. The van der Waals surface area contributed by atoms with Gasteiger partial charge in [0.2, 0.25) is 0 Å². The summed E-state index contributed by atoms with van der Waals surface area (Å²) in [6.07, 6.45) is 4.98. The molecule has 0 spiro atoms. The highest BCUT2D eigenvalue weighted by Gasteiger charge is 2.30. The lowest BCUT2D eigenvalue weighted by molar-refractivity contribution is 0.0785. The highest BCUT2D eigenvalue weighted by atomic mass is 32.2. The standard InChI is InChI=1S/C18H20N2O4S/c1-25(22,23)13-14-8-10-20(12-14)18(21)16-11-19-9-7-17(16)24-15-5-3-2-4-6-15/h2-7,9,11,14H,8,10,12-13H2,1H3. The van der Waals surface area contributed by atoms with E-state index in [0.717, 1.165) is 0 Å². The molecule has 2 heterocycles. The molecule has 3 rings (SSSR count). The minimum atomic E-state index is -3.05. The van der Waals surface area contributed by atoms with Gasteiger partial charge in [0.15, 0.2) is 0 Å². The van der Waals surface area contributed by atoms with Crippen LogP contribution in [0.3, 0.4) is 0 Å². The summed E-state index contributed by atoms with van der Waals surface area (Å²) in [5.74, 6) is 0.984. The van der Waals surface area contributed by atoms with Crippen LogP contribution in [0.1, 0.15) is 16.8 Å². The quantitative estimate of drug-likeness (QED) is 0.818. The maximum absolute atomic E-state index is 12.8. The van der Waals surface area contributed by atoms with E-state index < -0.39 is 9.84 Å². The number of hydrogen-bond acceptors (Lipinski definition) is 5. The fourth-order valence-electron chi connectivity index (χ4n) is 3.00. The van der Waals surface area contributed by atoms with Gasteiger partial charge in [-0.2, -0.15) is 0 Å². The molecule has 2 aromatic rings. The zero-order chi connectivity index (χ0) is 17.9. The molecule has 1 amide bonds. The minimum absolute atomic E-state index is 0.0193. The summed E-state index contributed by atoms with van der Waals surface area (Å²) in [7, 11) is -3.05. The molecular formula is C18H20N2O4S. The summed E-state index contributed by atoms with van der Waals surface area (Å²) in [5, 5.41) is 0. The number of amides is 1. The van der Waals surface area contributed by atoms with Crippen molar-refractivity contribution in [3.05, 3.63) is 54.4 Å². The van der Waals surface area contributed by atoms with E-state index in [1.807, 2.05) is 30.3 Å². The van der Waals surface area contributed by atoms with Gasteiger partial charge < -0.3 is 9.64 Å². The number of benzene rings is 1. The third-order valence-electron chi connectivity index (χ3n) is 4.09. The summed E-state index contributed by atoms with van der Waals surface area (Å²) in [6, 6.07) is 10.9. The molecule has 7 heteroatoms. The second kappa shape index (κ2) is 7.23. The molecule has 6 nitrogen and oxygen atoms in total. The summed E-state index contributed by atoms with van der Waals surface area (Å²) in [5.41, 5.74) is 0.381. The predicted octanol–water partition coefficient (Wildman–Crippen LogP) is 2.38. The van der Waals surface area contributed by atoms with Crippen LogP contribution in [0, 0.1) is 5.92 Å². The Kier molecular flexibility index (Phi) is 5.03. The number of para-hydroxylation sites is 1. The van der Waals surface area contributed by atoms with Crippen LogP contribution >= 0.6 is 0 Å². The van der Waals surface area contributed by atoms with Crippen LogP contribution in [0.4, 0.5) is 0 Å². The molecular weight excluding hydrogens is 340 g/mol. The molecule has 1 aromatic heterocycles. The topological polar surface area (TPSA) is 76.6 Å². The fourth-order valence-corrected chi connectivity index (χ4v) is 4.13. The van der Waals surface area contributed by atoms with Crippen LogP contribution in [0.5, 0.6) is 11.5 Å². The number of ether oxygens (including phenoxy) is 1. The summed E-state index contributed by atoms with van der Waals surface area (Å²) in [6.45, 7) is 0.976. The van der Waals surface area contributed by atoms with E-state index in [1.54, 1.807) is 17.2 Å². The third kappa shape index (κ3) is 4.57. The monoisotopic (exact) mass is 360 g/mol. The summed E-state index contributed by atoms with van der Waals surface area (Å²) >= 11 is 0. The van der Waals surface area contributed by atoms with E-state index in [9.17, 15) is 13.2 Å². The van der Waals surface area contributed by atoms with Gasteiger partial charge in [0.05, 0.1) is 5.75 Å². The van der Waals surface area contributed by atoms with Gasteiger partial charge in [-0.25, -0.2) is 8.42 Å². The minimum Gasteiger partial charge on any atom is -0.456 e. The third-order valence-corrected chi connectivity index (χ3v) is 5.17. The molecule has 1 aliphatic rings. The largest absolute Gasteiger partial charge is 0.456 e. The lowest BCUT2D eigenvalue weighted by atomic mass is 10.2. The van der Waals surface area contributed by atoms with Crippen molar-refractivity contribution in [1.82, 2.24) is 9.88 Å². The zero-order valence-corrected chi connectivity index (χ0v) is 14.8. The molecule has 25 heavy (non-hydrogen) atoms. The first-order valence-electron chi connectivity index (χ1n) is 8.06. The van der Waals surface area contributed by atoms with Gasteiger partial charge in [-0.05, 0) is 30.5 Å². The molecule has 1 unspecified atom stereocenters. The summed E-state index contributed by atoms with van der Waals surface area (Å²) in [4.78, 5) is 18.5. The van der Waals surface area contributed by atoms with E-state index in [1.165, 1.54) is 12.5 Å². The smallest absolute Gasteiger partial charge is 0.259 e. The lowest BCUT2D eigenvalue weighted by Gasteiger charge is -2.18.